The summed E-state index contributed by atoms with van der Waals surface area (Å²) in [5.74, 6) is 6.29. The monoisotopic (exact) mass is 304 g/mol. The molecule has 1 saturated heterocycles. The van der Waals surface area contributed by atoms with Gasteiger partial charge in [0.1, 0.15) is 0 Å². The molecule has 4 heteroatoms. The number of hydrogen-bond acceptors (Lipinski definition) is 4. The predicted octanol–water partition coefficient (Wildman–Crippen LogP) is 4.00. The largest absolute Gasteiger partial charge is 0.369 e. The van der Waals surface area contributed by atoms with Gasteiger partial charge in [0, 0.05) is 10.6 Å². The average Bonchev–Trinajstić information content (AvgIpc) is 2.90. The molecule has 1 aliphatic rings. The summed E-state index contributed by atoms with van der Waals surface area (Å²) in [4.78, 5) is 0. The van der Waals surface area contributed by atoms with Crippen LogP contribution in [0.15, 0.2) is 29.6 Å². The quantitative estimate of drug-likeness (QED) is 0.665. The molecule has 1 aliphatic heterocycles. The third-order valence-corrected chi connectivity index (χ3v) is 5.55. The second-order valence-electron chi connectivity index (χ2n) is 7.11. The number of nitrogens with one attached hydrogen (secondary N) is 1. The average molecular weight is 304 g/mol. The van der Waals surface area contributed by atoms with Crippen molar-refractivity contribution >= 4 is 21.4 Å². The molecular formula is C17H24N2OS. The number of ether oxygens (including phenoxy) is 1. The number of thiophene rings is 1. The van der Waals surface area contributed by atoms with Crippen LogP contribution in [0.3, 0.4) is 0 Å². The van der Waals surface area contributed by atoms with Crippen LogP contribution < -0.4 is 11.3 Å². The van der Waals surface area contributed by atoms with Crippen LogP contribution in [-0.2, 0) is 4.74 Å². The molecular weight excluding hydrogens is 280 g/mol. The van der Waals surface area contributed by atoms with Crippen molar-refractivity contribution in [3.8, 4) is 0 Å². The molecule has 2 atom stereocenters. The molecule has 0 radical (unpaired) electrons. The number of nitrogens with two attached hydrogens (primary N) is 1. The van der Waals surface area contributed by atoms with Crippen molar-refractivity contribution in [2.45, 2.75) is 51.4 Å². The summed E-state index contributed by atoms with van der Waals surface area (Å²) < 4.78 is 7.56. The van der Waals surface area contributed by atoms with Gasteiger partial charge in [0.25, 0.3) is 0 Å². The van der Waals surface area contributed by atoms with Gasteiger partial charge < -0.3 is 4.74 Å². The summed E-state index contributed by atoms with van der Waals surface area (Å²) in [6.07, 6.45) is 0.999. The second kappa shape index (κ2) is 5.06. The Bertz CT molecular complexity index is 647. The van der Waals surface area contributed by atoms with E-state index in [2.05, 4.69) is 62.8 Å². The van der Waals surface area contributed by atoms with Crippen LogP contribution >= 0.6 is 11.3 Å². The van der Waals surface area contributed by atoms with Gasteiger partial charge in [-0.2, -0.15) is 0 Å². The molecule has 0 aliphatic carbocycles. The zero-order chi connectivity index (χ0) is 15.3. The summed E-state index contributed by atoms with van der Waals surface area (Å²) in [7, 11) is 0. The van der Waals surface area contributed by atoms with E-state index in [4.69, 9.17) is 10.6 Å². The Morgan fingerprint density at radius 1 is 1.29 bits per heavy atom. The molecule has 0 amide bonds. The van der Waals surface area contributed by atoms with Gasteiger partial charge in [0.05, 0.1) is 17.2 Å². The molecule has 1 aromatic heterocycles. The van der Waals surface area contributed by atoms with Crippen molar-refractivity contribution in [1.82, 2.24) is 5.43 Å². The van der Waals surface area contributed by atoms with E-state index in [-0.39, 0.29) is 17.2 Å². The highest BCUT2D eigenvalue weighted by molar-refractivity contribution is 7.17. The fraction of sp³-hybridized carbons (Fsp3) is 0.529. The first-order chi connectivity index (χ1) is 9.84. The summed E-state index contributed by atoms with van der Waals surface area (Å²) in [5, 5.41) is 3.53. The van der Waals surface area contributed by atoms with E-state index in [0.717, 1.165) is 6.42 Å². The van der Waals surface area contributed by atoms with E-state index in [1.807, 2.05) is 0 Å². The smallest absolute Gasteiger partial charge is 0.0681 e. The molecule has 3 N–H and O–H groups in total. The molecule has 2 heterocycles. The predicted molar refractivity (Wildman–Crippen MR) is 89.2 cm³/mol. The van der Waals surface area contributed by atoms with Crippen molar-refractivity contribution < 1.29 is 4.74 Å². The molecule has 21 heavy (non-hydrogen) atoms. The minimum atomic E-state index is -0.191. The zero-order valence-corrected chi connectivity index (χ0v) is 14.0. The van der Waals surface area contributed by atoms with Crippen molar-refractivity contribution in [1.29, 1.82) is 0 Å². The third-order valence-electron chi connectivity index (χ3n) is 4.57. The summed E-state index contributed by atoms with van der Waals surface area (Å²) >= 11 is 1.78. The van der Waals surface area contributed by atoms with Crippen molar-refractivity contribution in [3.63, 3.8) is 0 Å². The molecule has 3 rings (SSSR count). The van der Waals surface area contributed by atoms with Gasteiger partial charge in [-0.15, -0.1) is 11.3 Å². The second-order valence-corrected chi connectivity index (χ2v) is 8.02. The number of hydrogen-bond donors (Lipinski definition) is 2. The van der Waals surface area contributed by atoms with Gasteiger partial charge >= 0.3 is 0 Å². The molecule has 0 bridgehead atoms. The Hall–Kier alpha value is -0.940. The van der Waals surface area contributed by atoms with Crippen LogP contribution in [0, 0.1) is 5.92 Å². The lowest BCUT2D eigenvalue weighted by Crippen LogP contribution is -2.41. The first-order valence-electron chi connectivity index (χ1n) is 7.46. The molecule has 0 spiro atoms. The van der Waals surface area contributed by atoms with Crippen molar-refractivity contribution in [2.24, 2.45) is 11.8 Å². The fourth-order valence-corrected chi connectivity index (χ4v) is 4.78. The minimum absolute atomic E-state index is 0.102. The standard InChI is InChI=1S/C17H24N2OS/c1-16(2)9-13(17(3,4)20-16)15(19-18)12-10-21-14-8-6-5-7-11(12)14/h5-8,10,13,15,19H,9,18H2,1-4H3. The normalized spacial score (nSPS) is 25.3. The van der Waals surface area contributed by atoms with E-state index in [1.165, 1.54) is 15.6 Å². The van der Waals surface area contributed by atoms with E-state index in [0.29, 0.717) is 5.92 Å². The van der Waals surface area contributed by atoms with Gasteiger partial charge in [-0.05, 0) is 56.5 Å². The highest BCUT2D eigenvalue weighted by atomic mass is 32.1. The van der Waals surface area contributed by atoms with Crippen LogP contribution in [0.5, 0.6) is 0 Å². The topological polar surface area (TPSA) is 47.3 Å². The molecule has 114 valence electrons. The maximum Gasteiger partial charge on any atom is 0.0681 e. The summed E-state index contributed by atoms with van der Waals surface area (Å²) in [6, 6.07) is 8.63. The number of fused-ring (bicyclic) bond motifs is 1. The first kappa shape index (κ1) is 15.0. The fourth-order valence-electron chi connectivity index (χ4n) is 3.79. The van der Waals surface area contributed by atoms with E-state index in [9.17, 15) is 0 Å². The van der Waals surface area contributed by atoms with Gasteiger partial charge in [-0.25, -0.2) is 0 Å². The molecule has 2 unspecified atom stereocenters. The maximum absolute atomic E-state index is 6.25. The molecule has 1 aromatic carbocycles. The van der Waals surface area contributed by atoms with E-state index >= 15 is 0 Å². The van der Waals surface area contributed by atoms with Gasteiger partial charge in [0.2, 0.25) is 0 Å². The lowest BCUT2D eigenvalue weighted by atomic mass is 9.79. The third kappa shape index (κ3) is 2.61. The molecule has 1 fully saturated rings. The highest BCUT2D eigenvalue weighted by Crippen LogP contribution is 2.48. The van der Waals surface area contributed by atoms with Crippen LogP contribution in [0.1, 0.15) is 45.7 Å². The highest BCUT2D eigenvalue weighted by Gasteiger charge is 2.49. The van der Waals surface area contributed by atoms with Crippen LogP contribution in [0.2, 0.25) is 0 Å². The van der Waals surface area contributed by atoms with Crippen molar-refractivity contribution in [2.75, 3.05) is 0 Å². The Morgan fingerprint density at radius 3 is 2.62 bits per heavy atom. The molecule has 3 nitrogen and oxygen atoms in total. The number of benzene rings is 1. The summed E-state index contributed by atoms with van der Waals surface area (Å²) in [5.41, 5.74) is 4.05. The number of hydrazine groups is 1. The first-order valence-corrected chi connectivity index (χ1v) is 8.34. The molecule has 0 saturated carbocycles. The Kier molecular flexibility index (Phi) is 3.61. The minimum Gasteiger partial charge on any atom is -0.369 e. The summed E-state index contributed by atoms with van der Waals surface area (Å²) in [6.45, 7) is 8.67. The molecule has 2 aromatic rings. The van der Waals surface area contributed by atoms with Gasteiger partial charge in [-0.3, -0.25) is 11.3 Å². The van der Waals surface area contributed by atoms with Gasteiger partial charge in [0.15, 0.2) is 0 Å². The Balaban J connectivity index is 2.03. The van der Waals surface area contributed by atoms with E-state index in [1.54, 1.807) is 11.3 Å². The van der Waals surface area contributed by atoms with E-state index < -0.39 is 0 Å². The SMILES string of the molecule is CC1(C)CC(C(NN)c2csc3ccccc23)C(C)(C)O1. The number of rotatable bonds is 3. The van der Waals surface area contributed by atoms with Crippen LogP contribution in [0.25, 0.3) is 10.1 Å². The van der Waals surface area contributed by atoms with Crippen LogP contribution in [-0.4, -0.2) is 11.2 Å². The lowest BCUT2D eigenvalue weighted by molar-refractivity contribution is -0.0778. The Labute approximate surface area is 130 Å². The Morgan fingerprint density at radius 2 is 2.00 bits per heavy atom. The lowest BCUT2D eigenvalue weighted by Gasteiger charge is -2.32. The maximum atomic E-state index is 6.25. The van der Waals surface area contributed by atoms with Gasteiger partial charge in [-0.1, -0.05) is 18.2 Å². The van der Waals surface area contributed by atoms with Crippen LogP contribution in [0.4, 0.5) is 0 Å². The zero-order valence-electron chi connectivity index (χ0n) is 13.1. The van der Waals surface area contributed by atoms with Crippen molar-refractivity contribution in [3.05, 3.63) is 35.2 Å².